The molecule has 1 aliphatic heterocycles. The predicted molar refractivity (Wildman–Crippen MR) is 104 cm³/mol. The van der Waals surface area contributed by atoms with E-state index in [1.807, 2.05) is 0 Å². The van der Waals surface area contributed by atoms with E-state index in [1.165, 1.54) is 6.07 Å². The first-order valence-corrected chi connectivity index (χ1v) is 9.10. The van der Waals surface area contributed by atoms with Crippen LogP contribution in [-0.4, -0.2) is 33.4 Å². The molecule has 0 radical (unpaired) electrons. The first-order valence-electron chi connectivity index (χ1n) is 9.10. The summed E-state index contributed by atoms with van der Waals surface area (Å²) in [5.74, 6) is 1.12. The molecule has 0 bridgehead atoms. The van der Waals surface area contributed by atoms with Crippen LogP contribution in [0.4, 0.5) is 36.4 Å². The van der Waals surface area contributed by atoms with E-state index >= 15 is 0 Å². The number of nitrogens with zero attached hydrogens (tertiary/aromatic N) is 4. The number of fused-ring (bicyclic) bond motifs is 1. The Kier molecular flexibility index (Phi) is 5.25. The lowest BCUT2D eigenvalue weighted by molar-refractivity contribution is -0.0597. The third kappa shape index (κ3) is 4.50. The zero-order valence-electron chi connectivity index (χ0n) is 15.8. The van der Waals surface area contributed by atoms with Crippen LogP contribution in [0.15, 0.2) is 46.0 Å². The molecule has 8 nitrogen and oxygen atoms in total. The predicted octanol–water partition coefficient (Wildman–Crippen LogP) is 4.41. The summed E-state index contributed by atoms with van der Waals surface area (Å²) in [5, 5.41) is 5.98. The molecule has 0 spiro atoms. The molecule has 11 heteroatoms. The van der Waals surface area contributed by atoms with E-state index in [0.29, 0.717) is 30.2 Å². The number of hydrogen-bond donors (Lipinski definition) is 2. The minimum absolute atomic E-state index is 0.107. The first kappa shape index (κ1) is 19.7. The third-order valence-electron chi connectivity index (χ3n) is 4.17. The fraction of sp³-hybridized carbons (Fsp3) is 0.263. The van der Waals surface area contributed by atoms with Gasteiger partial charge in [-0.25, -0.2) is 4.99 Å². The number of rotatable bonds is 7. The van der Waals surface area contributed by atoms with Crippen molar-refractivity contribution >= 4 is 29.0 Å². The highest BCUT2D eigenvalue weighted by molar-refractivity contribution is 5.98. The number of furan rings is 1. The van der Waals surface area contributed by atoms with Crippen LogP contribution in [0.1, 0.15) is 18.2 Å². The zero-order chi connectivity index (χ0) is 21.1. The van der Waals surface area contributed by atoms with Crippen LogP contribution in [-0.2, 0) is 13.0 Å². The quantitative estimate of drug-likeness (QED) is 0.587. The van der Waals surface area contributed by atoms with Crippen LogP contribution in [0.2, 0.25) is 0 Å². The summed E-state index contributed by atoms with van der Waals surface area (Å²) in [4.78, 5) is 16.3. The van der Waals surface area contributed by atoms with Gasteiger partial charge >= 0.3 is 12.2 Å². The van der Waals surface area contributed by atoms with Crippen molar-refractivity contribution in [1.82, 2.24) is 15.0 Å². The van der Waals surface area contributed by atoms with E-state index in [0.717, 1.165) is 0 Å². The summed E-state index contributed by atoms with van der Waals surface area (Å²) in [7, 11) is 0. The van der Waals surface area contributed by atoms with Crippen LogP contribution in [0.25, 0.3) is 0 Å². The molecular weight excluding hydrogens is 401 g/mol. The summed E-state index contributed by atoms with van der Waals surface area (Å²) in [6.07, 6.45) is -3.12. The Morgan fingerprint density at radius 2 is 1.97 bits per heavy atom. The maximum absolute atomic E-state index is 12.9. The fourth-order valence-electron chi connectivity index (χ4n) is 2.82. The van der Waals surface area contributed by atoms with Crippen molar-refractivity contribution in [2.24, 2.45) is 4.99 Å². The average Bonchev–Trinajstić information content (AvgIpc) is 3.35. The molecule has 0 aliphatic carbocycles. The topological polar surface area (TPSA) is 97.5 Å². The van der Waals surface area contributed by atoms with Crippen LogP contribution >= 0.6 is 0 Å². The number of aromatic nitrogens is 3. The van der Waals surface area contributed by atoms with Gasteiger partial charge in [-0.3, -0.25) is 0 Å². The maximum atomic E-state index is 12.9. The number of hydrogen-bond acceptors (Lipinski definition) is 8. The Morgan fingerprint density at radius 1 is 1.13 bits per heavy atom. The van der Waals surface area contributed by atoms with Gasteiger partial charge in [0.15, 0.2) is 0 Å². The SMILES string of the molecule is CCOc1nc(NCc2ccco2)nc(Nc2ccc3c(c2)N=C(C(F)(F)F)C3)n1. The minimum atomic E-state index is -4.44. The monoisotopic (exact) mass is 418 g/mol. The molecule has 4 rings (SSSR count). The van der Waals surface area contributed by atoms with Gasteiger partial charge in [0.05, 0.1) is 25.1 Å². The second-order valence-electron chi connectivity index (χ2n) is 6.33. The maximum Gasteiger partial charge on any atom is 0.429 e. The van der Waals surface area contributed by atoms with Gasteiger partial charge in [0, 0.05) is 12.1 Å². The smallest absolute Gasteiger partial charge is 0.429 e. The number of halogens is 3. The van der Waals surface area contributed by atoms with Crippen molar-refractivity contribution in [2.75, 3.05) is 17.2 Å². The van der Waals surface area contributed by atoms with Gasteiger partial charge in [-0.05, 0) is 36.8 Å². The molecule has 3 aromatic rings. The minimum Gasteiger partial charge on any atom is -0.467 e. The Hall–Kier alpha value is -3.63. The first-order chi connectivity index (χ1) is 14.4. The summed E-state index contributed by atoms with van der Waals surface area (Å²) < 4.78 is 49.4. The van der Waals surface area contributed by atoms with E-state index in [1.54, 1.807) is 37.5 Å². The molecule has 3 heterocycles. The fourth-order valence-corrected chi connectivity index (χ4v) is 2.82. The average molecular weight is 418 g/mol. The van der Waals surface area contributed by atoms with Crippen LogP contribution in [0.3, 0.4) is 0 Å². The molecule has 0 unspecified atom stereocenters. The highest BCUT2D eigenvalue weighted by Gasteiger charge is 2.38. The van der Waals surface area contributed by atoms with Crippen molar-refractivity contribution in [3.05, 3.63) is 47.9 Å². The van der Waals surface area contributed by atoms with Crippen LogP contribution in [0, 0.1) is 0 Å². The molecular formula is C19H17F3N6O2. The van der Waals surface area contributed by atoms with Crippen LogP contribution < -0.4 is 15.4 Å². The van der Waals surface area contributed by atoms with Crippen molar-refractivity contribution in [3.8, 4) is 6.01 Å². The summed E-state index contributed by atoms with van der Waals surface area (Å²) in [6.45, 7) is 2.51. The number of aliphatic imine (C=N–C) groups is 1. The number of anilines is 3. The van der Waals surface area contributed by atoms with Crippen molar-refractivity contribution in [1.29, 1.82) is 0 Å². The van der Waals surface area contributed by atoms with Gasteiger partial charge in [-0.2, -0.15) is 28.1 Å². The molecule has 0 amide bonds. The Bertz CT molecular complexity index is 1070. The molecule has 2 aromatic heterocycles. The number of ether oxygens (including phenoxy) is 1. The highest BCUT2D eigenvalue weighted by Crippen LogP contribution is 2.35. The number of alkyl halides is 3. The lowest BCUT2D eigenvalue weighted by atomic mass is 10.1. The Labute approximate surface area is 169 Å². The normalized spacial score (nSPS) is 13.0. The molecule has 1 aliphatic rings. The van der Waals surface area contributed by atoms with Crippen molar-refractivity contribution in [2.45, 2.75) is 26.1 Å². The van der Waals surface area contributed by atoms with E-state index < -0.39 is 11.9 Å². The largest absolute Gasteiger partial charge is 0.467 e. The van der Waals surface area contributed by atoms with Gasteiger partial charge < -0.3 is 19.8 Å². The van der Waals surface area contributed by atoms with Gasteiger partial charge in [0.1, 0.15) is 11.5 Å². The lowest BCUT2D eigenvalue weighted by Gasteiger charge is -2.10. The number of benzene rings is 1. The molecule has 156 valence electrons. The van der Waals surface area contributed by atoms with Gasteiger partial charge in [-0.15, -0.1) is 0 Å². The Morgan fingerprint density at radius 3 is 2.70 bits per heavy atom. The second kappa shape index (κ2) is 8.01. The van der Waals surface area contributed by atoms with E-state index in [-0.39, 0.29) is 30.0 Å². The second-order valence-corrected chi connectivity index (χ2v) is 6.33. The van der Waals surface area contributed by atoms with E-state index in [2.05, 4.69) is 30.6 Å². The van der Waals surface area contributed by atoms with Gasteiger partial charge in [0.2, 0.25) is 11.9 Å². The summed E-state index contributed by atoms with van der Waals surface area (Å²) in [5.41, 5.74) is 0.464. The lowest BCUT2D eigenvalue weighted by Crippen LogP contribution is -2.22. The molecule has 30 heavy (non-hydrogen) atoms. The van der Waals surface area contributed by atoms with E-state index in [4.69, 9.17) is 9.15 Å². The van der Waals surface area contributed by atoms with Gasteiger partial charge in [0.25, 0.3) is 0 Å². The summed E-state index contributed by atoms with van der Waals surface area (Å²) >= 11 is 0. The van der Waals surface area contributed by atoms with E-state index in [9.17, 15) is 13.2 Å². The van der Waals surface area contributed by atoms with Crippen molar-refractivity contribution in [3.63, 3.8) is 0 Å². The van der Waals surface area contributed by atoms with Crippen LogP contribution in [0.5, 0.6) is 6.01 Å². The Balaban J connectivity index is 1.54. The number of nitrogens with one attached hydrogen (secondary N) is 2. The molecule has 0 saturated carbocycles. The highest BCUT2D eigenvalue weighted by atomic mass is 19.4. The third-order valence-corrected chi connectivity index (χ3v) is 4.17. The molecule has 2 N–H and O–H groups in total. The standard InChI is InChI=1S/C19H17F3N6O2/c1-2-29-18-27-16(23-10-13-4-3-7-30-13)26-17(28-18)24-12-6-5-11-8-15(19(20,21)22)25-14(11)9-12/h3-7,9H,2,8,10H2,1H3,(H2,23,24,26,27,28). The molecule has 0 fully saturated rings. The molecule has 0 saturated heterocycles. The molecule has 1 aromatic carbocycles. The summed E-state index contributed by atoms with van der Waals surface area (Å²) in [6, 6.07) is 8.44. The molecule has 0 atom stereocenters. The van der Waals surface area contributed by atoms with Gasteiger partial charge in [-0.1, -0.05) is 6.07 Å². The van der Waals surface area contributed by atoms with Crippen molar-refractivity contribution < 1.29 is 22.3 Å². The zero-order valence-corrected chi connectivity index (χ0v) is 15.8.